The average Bonchev–Trinajstić information content (AvgIpc) is 2.73. The monoisotopic (exact) mass is 280 g/mol. The molecule has 0 fully saturated rings. The summed E-state index contributed by atoms with van der Waals surface area (Å²) >= 11 is 1.50. The number of H-pyrrole nitrogens is 1. The van der Waals surface area contributed by atoms with Crippen LogP contribution in [0.2, 0.25) is 0 Å². The van der Waals surface area contributed by atoms with E-state index >= 15 is 0 Å². The lowest BCUT2D eigenvalue weighted by Gasteiger charge is -2.03. The van der Waals surface area contributed by atoms with Crippen molar-refractivity contribution in [2.45, 2.75) is 24.9 Å². The third-order valence-electron chi connectivity index (χ3n) is 2.73. The fraction of sp³-hybridized carbons (Fsp3) is 0.417. The van der Waals surface area contributed by atoms with E-state index in [9.17, 15) is 9.59 Å². The van der Waals surface area contributed by atoms with Crippen LogP contribution in [-0.4, -0.2) is 25.1 Å². The van der Waals surface area contributed by atoms with Crippen LogP contribution in [0.15, 0.2) is 27.3 Å². The highest BCUT2D eigenvalue weighted by atomic mass is 32.2. The van der Waals surface area contributed by atoms with Crippen molar-refractivity contribution in [1.82, 2.24) is 19.3 Å². The Morgan fingerprint density at radius 2 is 2.21 bits per heavy atom. The molecule has 0 aliphatic carbocycles. The fourth-order valence-electron chi connectivity index (χ4n) is 1.86. The SMILES string of the molecule is C=CCSc1c2c(=O)[nH]c(=O)n(C)c2nn1CCC. The molecule has 102 valence electrons. The Bertz CT molecular complexity index is 726. The summed E-state index contributed by atoms with van der Waals surface area (Å²) in [5.74, 6) is 0.687. The van der Waals surface area contributed by atoms with E-state index in [-0.39, 0.29) is 5.56 Å². The summed E-state index contributed by atoms with van der Waals surface area (Å²) in [5, 5.41) is 5.64. The molecule has 2 rings (SSSR count). The van der Waals surface area contributed by atoms with E-state index < -0.39 is 5.69 Å². The highest BCUT2D eigenvalue weighted by Crippen LogP contribution is 2.25. The fourth-order valence-corrected chi connectivity index (χ4v) is 2.74. The van der Waals surface area contributed by atoms with E-state index in [4.69, 9.17) is 0 Å². The standard InChI is InChI=1S/C12H16N4O2S/c1-4-6-16-11(19-7-5-2)8-9(14-16)15(3)12(18)13-10(8)17/h5H,2,4,6-7H2,1,3H3,(H,13,17,18). The third-order valence-corrected chi connectivity index (χ3v) is 3.82. The van der Waals surface area contributed by atoms with Crippen LogP contribution in [0.3, 0.4) is 0 Å². The molecule has 0 saturated carbocycles. The quantitative estimate of drug-likeness (QED) is 0.658. The summed E-state index contributed by atoms with van der Waals surface area (Å²) in [6, 6.07) is 0. The van der Waals surface area contributed by atoms with Crippen molar-refractivity contribution >= 4 is 22.8 Å². The number of hydrogen-bond acceptors (Lipinski definition) is 4. The van der Waals surface area contributed by atoms with Crippen LogP contribution in [0.1, 0.15) is 13.3 Å². The van der Waals surface area contributed by atoms with E-state index in [0.717, 1.165) is 11.4 Å². The molecule has 0 atom stereocenters. The molecule has 2 aromatic heterocycles. The van der Waals surface area contributed by atoms with Crippen LogP contribution >= 0.6 is 11.8 Å². The Hall–Kier alpha value is -1.76. The highest BCUT2D eigenvalue weighted by molar-refractivity contribution is 7.99. The number of aromatic nitrogens is 4. The molecule has 0 spiro atoms. The maximum absolute atomic E-state index is 12.0. The predicted octanol–water partition coefficient (Wildman–Crippen LogP) is 1.11. The first-order valence-electron chi connectivity index (χ1n) is 6.03. The average molecular weight is 280 g/mol. The molecule has 0 radical (unpaired) electrons. The van der Waals surface area contributed by atoms with Crippen LogP contribution in [0.4, 0.5) is 0 Å². The minimum absolute atomic E-state index is 0.382. The van der Waals surface area contributed by atoms with Crippen molar-refractivity contribution in [3.63, 3.8) is 0 Å². The zero-order valence-corrected chi connectivity index (χ0v) is 11.8. The van der Waals surface area contributed by atoms with E-state index in [0.29, 0.717) is 23.3 Å². The van der Waals surface area contributed by atoms with Crippen LogP contribution < -0.4 is 11.2 Å². The molecule has 1 N–H and O–H groups in total. The molecule has 2 heterocycles. The molecule has 0 unspecified atom stereocenters. The van der Waals surface area contributed by atoms with Gasteiger partial charge in [-0.15, -0.1) is 18.3 Å². The van der Waals surface area contributed by atoms with Crippen LogP contribution in [0.25, 0.3) is 11.0 Å². The number of aromatic amines is 1. The largest absolute Gasteiger partial charge is 0.329 e. The van der Waals surface area contributed by atoms with Gasteiger partial charge in [0, 0.05) is 19.3 Å². The lowest BCUT2D eigenvalue weighted by Crippen LogP contribution is -2.28. The number of hydrogen-bond donors (Lipinski definition) is 1. The predicted molar refractivity (Wildman–Crippen MR) is 76.8 cm³/mol. The Morgan fingerprint density at radius 3 is 2.84 bits per heavy atom. The van der Waals surface area contributed by atoms with Gasteiger partial charge in [0.15, 0.2) is 5.65 Å². The van der Waals surface area contributed by atoms with E-state index in [1.807, 2.05) is 6.92 Å². The van der Waals surface area contributed by atoms with E-state index in [1.165, 1.54) is 16.3 Å². The Kier molecular flexibility index (Phi) is 3.94. The van der Waals surface area contributed by atoms with E-state index in [1.54, 1.807) is 17.8 Å². The van der Waals surface area contributed by atoms with Gasteiger partial charge in [-0.1, -0.05) is 13.0 Å². The van der Waals surface area contributed by atoms with Gasteiger partial charge in [0.05, 0.1) is 0 Å². The Balaban J connectivity index is 2.77. The second-order valence-electron chi connectivity index (χ2n) is 4.14. The number of rotatable bonds is 5. The molecule has 0 amide bonds. The Morgan fingerprint density at radius 1 is 1.47 bits per heavy atom. The Labute approximate surface area is 114 Å². The van der Waals surface area contributed by atoms with Gasteiger partial charge >= 0.3 is 5.69 Å². The van der Waals surface area contributed by atoms with Crippen LogP contribution in [0.5, 0.6) is 0 Å². The van der Waals surface area contributed by atoms with E-state index in [2.05, 4.69) is 16.7 Å². The van der Waals surface area contributed by atoms with Gasteiger partial charge in [0.25, 0.3) is 5.56 Å². The maximum atomic E-state index is 12.0. The van der Waals surface area contributed by atoms with Crippen molar-refractivity contribution in [3.8, 4) is 0 Å². The topological polar surface area (TPSA) is 72.7 Å². The van der Waals surface area contributed by atoms with Gasteiger partial charge in [0.2, 0.25) is 0 Å². The minimum atomic E-state index is -0.445. The summed E-state index contributed by atoms with van der Waals surface area (Å²) in [7, 11) is 1.60. The van der Waals surface area contributed by atoms with Crippen LogP contribution in [-0.2, 0) is 13.6 Å². The highest BCUT2D eigenvalue weighted by Gasteiger charge is 2.17. The lowest BCUT2D eigenvalue weighted by molar-refractivity contribution is 0.562. The van der Waals surface area contributed by atoms with Crippen molar-refractivity contribution < 1.29 is 0 Å². The zero-order valence-electron chi connectivity index (χ0n) is 11.0. The molecule has 0 aliphatic rings. The third kappa shape index (κ3) is 2.37. The molecule has 0 aliphatic heterocycles. The first-order chi connectivity index (χ1) is 9.10. The second-order valence-corrected chi connectivity index (χ2v) is 5.15. The molecule has 0 aromatic carbocycles. The van der Waals surface area contributed by atoms with Crippen molar-refractivity contribution in [2.75, 3.05) is 5.75 Å². The molecule has 7 heteroatoms. The van der Waals surface area contributed by atoms with Gasteiger partial charge < -0.3 is 0 Å². The summed E-state index contributed by atoms with van der Waals surface area (Å²) in [6.45, 7) is 6.43. The maximum Gasteiger partial charge on any atom is 0.329 e. The minimum Gasteiger partial charge on any atom is -0.279 e. The normalized spacial score (nSPS) is 11.1. The summed E-state index contributed by atoms with van der Waals surface area (Å²) in [6.07, 6.45) is 2.68. The summed E-state index contributed by atoms with van der Waals surface area (Å²) in [5.41, 5.74) is -0.403. The first-order valence-corrected chi connectivity index (χ1v) is 7.02. The molecule has 2 aromatic rings. The van der Waals surface area contributed by atoms with Crippen molar-refractivity contribution in [1.29, 1.82) is 0 Å². The number of aryl methyl sites for hydroxylation is 2. The summed E-state index contributed by atoms with van der Waals surface area (Å²) in [4.78, 5) is 25.9. The van der Waals surface area contributed by atoms with Gasteiger partial charge in [0.1, 0.15) is 10.4 Å². The number of nitrogens with zero attached hydrogens (tertiary/aromatic N) is 3. The van der Waals surface area contributed by atoms with Gasteiger partial charge in [-0.3, -0.25) is 19.0 Å². The molecule has 6 nitrogen and oxygen atoms in total. The lowest BCUT2D eigenvalue weighted by atomic mass is 10.4. The molecular weight excluding hydrogens is 264 g/mol. The number of thioether (sulfide) groups is 1. The first kappa shape index (κ1) is 13.7. The summed E-state index contributed by atoms with van der Waals surface area (Å²) < 4.78 is 3.15. The van der Waals surface area contributed by atoms with Gasteiger partial charge in [-0.2, -0.15) is 5.10 Å². The molecule has 0 saturated heterocycles. The second kappa shape index (κ2) is 5.48. The number of fused-ring (bicyclic) bond motifs is 1. The zero-order chi connectivity index (χ0) is 14.0. The number of nitrogens with one attached hydrogen (secondary N) is 1. The van der Waals surface area contributed by atoms with Crippen molar-refractivity contribution in [2.24, 2.45) is 7.05 Å². The van der Waals surface area contributed by atoms with Crippen LogP contribution in [0, 0.1) is 0 Å². The van der Waals surface area contributed by atoms with Gasteiger partial charge in [-0.05, 0) is 6.42 Å². The molecule has 0 bridgehead atoms. The smallest absolute Gasteiger partial charge is 0.279 e. The van der Waals surface area contributed by atoms with Crippen molar-refractivity contribution in [3.05, 3.63) is 33.5 Å². The van der Waals surface area contributed by atoms with Gasteiger partial charge in [-0.25, -0.2) is 4.79 Å². The molecular formula is C12H16N4O2S. The molecule has 19 heavy (non-hydrogen) atoms.